The van der Waals surface area contributed by atoms with Gasteiger partial charge in [0.15, 0.2) is 0 Å². The minimum Gasteiger partial charge on any atom is -0.497 e. The molecule has 1 fully saturated rings. The van der Waals surface area contributed by atoms with Crippen LogP contribution in [0.2, 0.25) is 0 Å². The third-order valence-corrected chi connectivity index (χ3v) is 3.72. The van der Waals surface area contributed by atoms with E-state index in [9.17, 15) is 0 Å². The Bertz CT molecular complexity index is 375. The van der Waals surface area contributed by atoms with E-state index in [0.717, 1.165) is 18.8 Å². The number of hydrogen-bond acceptors (Lipinski definition) is 3. The van der Waals surface area contributed by atoms with Crippen LogP contribution in [0.15, 0.2) is 24.3 Å². The SMILES string of the molecule is COc1cccc(CNCC(C)CN2CCCC2)c1. The van der Waals surface area contributed by atoms with Gasteiger partial charge in [-0.15, -0.1) is 0 Å². The normalized spacial score (nSPS) is 17.6. The van der Waals surface area contributed by atoms with E-state index in [1.165, 1.54) is 38.0 Å². The lowest BCUT2D eigenvalue weighted by Gasteiger charge is -2.20. The van der Waals surface area contributed by atoms with Crippen molar-refractivity contribution in [2.24, 2.45) is 5.92 Å². The monoisotopic (exact) mass is 262 g/mol. The van der Waals surface area contributed by atoms with Crippen molar-refractivity contribution in [3.8, 4) is 5.75 Å². The molecule has 1 unspecified atom stereocenters. The van der Waals surface area contributed by atoms with Gasteiger partial charge in [-0.05, 0) is 56.1 Å². The van der Waals surface area contributed by atoms with Crippen LogP contribution in [-0.2, 0) is 6.54 Å². The van der Waals surface area contributed by atoms with Gasteiger partial charge in [0.1, 0.15) is 5.75 Å². The average molecular weight is 262 g/mol. The quantitative estimate of drug-likeness (QED) is 0.817. The Labute approximate surface area is 116 Å². The van der Waals surface area contributed by atoms with Crippen molar-refractivity contribution in [2.75, 3.05) is 33.3 Å². The van der Waals surface area contributed by atoms with Gasteiger partial charge < -0.3 is 15.0 Å². The predicted octanol–water partition coefficient (Wildman–Crippen LogP) is 2.52. The van der Waals surface area contributed by atoms with E-state index in [4.69, 9.17) is 4.74 Å². The van der Waals surface area contributed by atoms with Crippen molar-refractivity contribution in [1.29, 1.82) is 0 Å². The summed E-state index contributed by atoms with van der Waals surface area (Å²) in [6.07, 6.45) is 2.76. The molecule has 1 N–H and O–H groups in total. The van der Waals surface area contributed by atoms with Crippen LogP contribution in [0.3, 0.4) is 0 Å². The molecular weight excluding hydrogens is 236 g/mol. The molecule has 0 spiro atoms. The lowest BCUT2D eigenvalue weighted by Crippen LogP contribution is -2.31. The van der Waals surface area contributed by atoms with E-state index in [1.54, 1.807) is 7.11 Å². The topological polar surface area (TPSA) is 24.5 Å². The highest BCUT2D eigenvalue weighted by molar-refractivity contribution is 5.28. The van der Waals surface area contributed by atoms with Crippen LogP contribution in [0.5, 0.6) is 5.75 Å². The number of nitrogens with zero attached hydrogens (tertiary/aromatic N) is 1. The van der Waals surface area contributed by atoms with Crippen LogP contribution >= 0.6 is 0 Å². The lowest BCUT2D eigenvalue weighted by atomic mass is 10.1. The minimum atomic E-state index is 0.712. The van der Waals surface area contributed by atoms with E-state index >= 15 is 0 Å². The molecule has 0 amide bonds. The van der Waals surface area contributed by atoms with Crippen molar-refractivity contribution in [3.63, 3.8) is 0 Å². The summed E-state index contributed by atoms with van der Waals surface area (Å²) in [5, 5.41) is 3.54. The summed E-state index contributed by atoms with van der Waals surface area (Å²) in [6.45, 7) is 8.14. The summed E-state index contributed by atoms with van der Waals surface area (Å²) < 4.78 is 5.24. The van der Waals surface area contributed by atoms with Crippen molar-refractivity contribution in [3.05, 3.63) is 29.8 Å². The zero-order valence-electron chi connectivity index (χ0n) is 12.2. The zero-order chi connectivity index (χ0) is 13.5. The zero-order valence-corrected chi connectivity index (χ0v) is 12.2. The van der Waals surface area contributed by atoms with Gasteiger partial charge in [0.2, 0.25) is 0 Å². The molecule has 1 heterocycles. The highest BCUT2D eigenvalue weighted by atomic mass is 16.5. The predicted molar refractivity (Wildman–Crippen MR) is 79.5 cm³/mol. The van der Waals surface area contributed by atoms with Crippen LogP contribution in [0.1, 0.15) is 25.3 Å². The molecule has 1 aromatic rings. The molecule has 2 rings (SSSR count). The minimum absolute atomic E-state index is 0.712. The maximum Gasteiger partial charge on any atom is 0.119 e. The third-order valence-electron chi connectivity index (χ3n) is 3.72. The van der Waals surface area contributed by atoms with E-state index in [2.05, 4.69) is 29.3 Å². The van der Waals surface area contributed by atoms with Crippen molar-refractivity contribution in [2.45, 2.75) is 26.3 Å². The summed E-state index contributed by atoms with van der Waals surface area (Å²) in [6, 6.07) is 8.27. The third kappa shape index (κ3) is 4.84. The number of hydrogen-bond donors (Lipinski definition) is 1. The Balaban J connectivity index is 1.67. The molecule has 19 heavy (non-hydrogen) atoms. The summed E-state index contributed by atoms with van der Waals surface area (Å²) in [7, 11) is 1.71. The number of benzene rings is 1. The van der Waals surface area contributed by atoms with Gasteiger partial charge >= 0.3 is 0 Å². The van der Waals surface area contributed by atoms with Crippen molar-refractivity contribution >= 4 is 0 Å². The average Bonchev–Trinajstić information content (AvgIpc) is 2.92. The molecule has 1 aliphatic heterocycles. The molecule has 1 atom stereocenters. The summed E-state index contributed by atoms with van der Waals surface area (Å²) in [5.41, 5.74) is 1.28. The molecule has 0 saturated carbocycles. The Morgan fingerprint density at radius 3 is 2.84 bits per heavy atom. The molecule has 1 aliphatic rings. The second kappa shape index (κ2) is 7.51. The van der Waals surface area contributed by atoms with Gasteiger partial charge in [-0.1, -0.05) is 19.1 Å². The van der Waals surface area contributed by atoms with E-state index in [1.807, 2.05) is 12.1 Å². The van der Waals surface area contributed by atoms with Gasteiger partial charge in [0, 0.05) is 13.1 Å². The molecule has 3 heteroatoms. The second-order valence-corrected chi connectivity index (χ2v) is 5.60. The van der Waals surface area contributed by atoms with Crippen LogP contribution in [-0.4, -0.2) is 38.2 Å². The molecule has 0 aromatic heterocycles. The highest BCUT2D eigenvalue weighted by Gasteiger charge is 2.14. The molecule has 0 radical (unpaired) electrons. The molecule has 1 saturated heterocycles. The number of nitrogens with one attached hydrogen (secondary N) is 1. The number of rotatable bonds is 7. The first-order valence-electron chi connectivity index (χ1n) is 7.34. The fourth-order valence-electron chi connectivity index (χ4n) is 2.72. The number of likely N-dealkylation sites (tertiary alicyclic amines) is 1. The van der Waals surface area contributed by atoms with E-state index in [0.29, 0.717) is 5.92 Å². The Kier molecular flexibility index (Phi) is 5.67. The Hall–Kier alpha value is -1.06. The van der Waals surface area contributed by atoms with E-state index in [-0.39, 0.29) is 0 Å². The van der Waals surface area contributed by atoms with Gasteiger partial charge in [-0.3, -0.25) is 0 Å². The molecule has 3 nitrogen and oxygen atoms in total. The standard InChI is InChI=1S/C16H26N2O/c1-14(13-18-8-3-4-9-18)11-17-12-15-6-5-7-16(10-15)19-2/h5-7,10,14,17H,3-4,8-9,11-13H2,1-2H3. The molecule has 106 valence electrons. The lowest BCUT2D eigenvalue weighted by molar-refractivity contribution is 0.282. The highest BCUT2D eigenvalue weighted by Crippen LogP contribution is 2.13. The first kappa shape index (κ1) is 14.4. The molecule has 0 bridgehead atoms. The van der Waals surface area contributed by atoms with Crippen molar-refractivity contribution in [1.82, 2.24) is 10.2 Å². The van der Waals surface area contributed by atoms with Crippen LogP contribution in [0, 0.1) is 5.92 Å². The number of ether oxygens (including phenoxy) is 1. The maximum atomic E-state index is 5.24. The van der Waals surface area contributed by atoms with Gasteiger partial charge in [-0.2, -0.15) is 0 Å². The molecule has 0 aliphatic carbocycles. The Morgan fingerprint density at radius 1 is 1.32 bits per heavy atom. The van der Waals surface area contributed by atoms with Crippen LogP contribution in [0.4, 0.5) is 0 Å². The van der Waals surface area contributed by atoms with E-state index < -0.39 is 0 Å². The van der Waals surface area contributed by atoms with Crippen molar-refractivity contribution < 1.29 is 4.74 Å². The molecule has 1 aromatic carbocycles. The smallest absolute Gasteiger partial charge is 0.119 e. The van der Waals surface area contributed by atoms with Gasteiger partial charge in [0.25, 0.3) is 0 Å². The molecular formula is C16H26N2O. The summed E-state index contributed by atoms with van der Waals surface area (Å²) >= 11 is 0. The largest absolute Gasteiger partial charge is 0.497 e. The fraction of sp³-hybridized carbons (Fsp3) is 0.625. The second-order valence-electron chi connectivity index (χ2n) is 5.60. The first-order chi connectivity index (χ1) is 9.28. The summed E-state index contributed by atoms with van der Waals surface area (Å²) in [4.78, 5) is 2.58. The summed E-state index contributed by atoms with van der Waals surface area (Å²) in [5.74, 6) is 1.65. The van der Waals surface area contributed by atoms with Gasteiger partial charge in [-0.25, -0.2) is 0 Å². The maximum absolute atomic E-state index is 5.24. The number of methoxy groups -OCH3 is 1. The first-order valence-corrected chi connectivity index (χ1v) is 7.34. The van der Waals surface area contributed by atoms with Crippen LogP contribution in [0.25, 0.3) is 0 Å². The van der Waals surface area contributed by atoms with Crippen LogP contribution < -0.4 is 10.1 Å². The Morgan fingerprint density at radius 2 is 2.11 bits per heavy atom. The fourth-order valence-corrected chi connectivity index (χ4v) is 2.72. The van der Waals surface area contributed by atoms with Gasteiger partial charge in [0.05, 0.1) is 7.11 Å².